The van der Waals surface area contributed by atoms with Crippen molar-refractivity contribution < 1.29 is 0 Å². The summed E-state index contributed by atoms with van der Waals surface area (Å²) in [5, 5.41) is 2.41. The Hall–Kier alpha value is -1.71. The molecule has 2 aromatic carbocycles. The van der Waals surface area contributed by atoms with E-state index in [2.05, 4.69) is 41.6 Å². The summed E-state index contributed by atoms with van der Waals surface area (Å²) in [6.07, 6.45) is 1.15. The third-order valence-electron chi connectivity index (χ3n) is 2.85. The predicted octanol–water partition coefficient (Wildman–Crippen LogP) is 3.81. The van der Waals surface area contributed by atoms with E-state index in [0.29, 0.717) is 0 Å². The first-order valence-corrected chi connectivity index (χ1v) is 5.58. The molecule has 0 bridgehead atoms. The highest BCUT2D eigenvalue weighted by Gasteiger charge is 2.16. The Morgan fingerprint density at radius 2 is 1.81 bits per heavy atom. The van der Waals surface area contributed by atoms with Gasteiger partial charge in [0.15, 0.2) is 0 Å². The van der Waals surface area contributed by atoms with Crippen LogP contribution in [0.25, 0.3) is 11.1 Å². The minimum absolute atomic E-state index is 0.956. The Labute approximate surface area is 99.9 Å². The molecule has 1 heteroatoms. The summed E-state index contributed by atoms with van der Waals surface area (Å²) >= 11 is 5.41. The van der Waals surface area contributed by atoms with Gasteiger partial charge in [0.25, 0.3) is 0 Å². The molecule has 1 aliphatic carbocycles. The van der Waals surface area contributed by atoms with Crippen molar-refractivity contribution in [3.63, 3.8) is 0 Å². The largest absolute Gasteiger partial charge is 0.0604 e. The second-order valence-electron chi connectivity index (χ2n) is 3.96. The van der Waals surface area contributed by atoms with Gasteiger partial charge in [0.05, 0.1) is 0 Å². The van der Waals surface area contributed by atoms with Crippen LogP contribution < -0.4 is 0 Å². The average molecular weight is 225 g/mol. The van der Waals surface area contributed by atoms with E-state index in [1.165, 1.54) is 22.3 Å². The number of hydrogen-bond acceptors (Lipinski definition) is 0. The summed E-state index contributed by atoms with van der Waals surface area (Å²) in [4.78, 5) is 0. The predicted molar refractivity (Wildman–Crippen MR) is 67.4 cm³/mol. The number of benzene rings is 2. The fourth-order valence-electron chi connectivity index (χ4n) is 1.91. The Morgan fingerprint density at radius 1 is 0.938 bits per heavy atom. The van der Waals surface area contributed by atoms with Crippen LogP contribution in [0.3, 0.4) is 0 Å². The van der Waals surface area contributed by atoms with E-state index in [0.717, 1.165) is 12.0 Å². The zero-order chi connectivity index (χ0) is 11.0. The maximum absolute atomic E-state index is 5.41. The van der Waals surface area contributed by atoms with E-state index in [1.54, 1.807) is 0 Å². The standard InChI is InChI=1S/C15H9Cl/c16-7-6-11-2-1-3-12(8-11)13-4-5-14-10-15(14)9-13/h1-5,8-9H,10H2. The summed E-state index contributed by atoms with van der Waals surface area (Å²) in [6, 6.07) is 14.8. The zero-order valence-corrected chi connectivity index (χ0v) is 9.38. The number of hydrogen-bond donors (Lipinski definition) is 0. The molecule has 0 aliphatic heterocycles. The molecular weight excluding hydrogens is 216 g/mol. The molecule has 3 rings (SSSR count). The number of rotatable bonds is 1. The highest BCUT2D eigenvalue weighted by molar-refractivity contribution is 6.30. The topological polar surface area (TPSA) is 0 Å². The van der Waals surface area contributed by atoms with Crippen molar-refractivity contribution in [3.8, 4) is 22.4 Å². The second-order valence-corrected chi connectivity index (χ2v) is 4.15. The molecule has 1 aliphatic rings. The van der Waals surface area contributed by atoms with Gasteiger partial charge < -0.3 is 0 Å². The van der Waals surface area contributed by atoms with Gasteiger partial charge in [-0.05, 0) is 58.3 Å². The van der Waals surface area contributed by atoms with Crippen molar-refractivity contribution in [3.05, 3.63) is 59.2 Å². The van der Waals surface area contributed by atoms with Crippen LogP contribution in [0.2, 0.25) is 0 Å². The van der Waals surface area contributed by atoms with E-state index in [-0.39, 0.29) is 0 Å². The van der Waals surface area contributed by atoms with Crippen molar-refractivity contribution in [2.45, 2.75) is 6.42 Å². The van der Waals surface area contributed by atoms with Crippen LogP contribution in [0.1, 0.15) is 16.7 Å². The highest BCUT2D eigenvalue weighted by Crippen LogP contribution is 2.32. The lowest BCUT2D eigenvalue weighted by molar-refractivity contribution is 1.59. The molecule has 0 aromatic heterocycles. The van der Waals surface area contributed by atoms with Gasteiger partial charge in [0.1, 0.15) is 0 Å². The van der Waals surface area contributed by atoms with Gasteiger partial charge in [-0.15, -0.1) is 0 Å². The van der Waals surface area contributed by atoms with Crippen LogP contribution >= 0.6 is 11.6 Å². The molecule has 76 valence electrons. The SMILES string of the molecule is ClC#Cc1cccc(-c2ccc3c(c2)C3)c1. The number of halogens is 1. The van der Waals surface area contributed by atoms with Crippen LogP contribution in [-0.4, -0.2) is 0 Å². The van der Waals surface area contributed by atoms with Gasteiger partial charge in [0.2, 0.25) is 0 Å². The first kappa shape index (κ1) is 9.51. The van der Waals surface area contributed by atoms with Crippen LogP contribution in [-0.2, 0) is 6.42 Å². The molecule has 0 radical (unpaired) electrons. The van der Waals surface area contributed by atoms with Gasteiger partial charge >= 0.3 is 0 Å². The summed E-state index contributed by atoms with van der Waals surface area (Å²) in [6.45, 7) is 0. The van der Waals surface area contributed by atoms with Crippen molar-refractivity contribution >= 4 is 11.6 Å². The van der Waals surface area contributed by atoms with Crippen LogP contribution in [0.5, 0.6) is 0 Å². The van der Waals surface area contributed by atoms with Gasteiger partial charge in [-0.3, -0.25) is 0 Å². The molecule has 0 nitrogen and oxygen atoms in total. The zero-order valence-electron chi connectivity index (χ0n) is 8.63. The molecule has 0 atom stereocenters. The van der Waals surface area contributed by atoms with E-state index in [4.69, 9.17) is 11.6 Å². The molecule has 0 amide bonds. The van der Waals surface area contributed by atoms with Crippen LogP contribution in [0.15, 0.2) is 42.5 Å². The van der Waals surface area contributed by atoms with Crippen LogP contribution in [0.4, 0.5) is 0 Å². The minimum Gasteiger partial charge on any atom is -0.0604 e. The maximum Gasteiger partial charge on any atom is 0.0264 e. The van der Waals surface area contributed by atoms with Gasteiger partial charge in [-0.25, -0.2) is 0 Å². The first-order valence-electron chi connectivity index (χ1n) is 5.21. The fraction of sp³-hybridized carbons (Fsp3) is 0.0667. The Bertz CT molecular complexity index is 615. The molecule has 0 fully saturated rings. The minimum atomic E-state index is 0.956. The number of fused-ring (bicyclic) bond motifs is 1. The lowest BCUT2D eigenvalue weighted by Gasteiger charge is -2.01. The molecule has 0 saturated carbocycles. The van der Waals surface area contributed by atoms with Crippen molar-refractivity contribution in [1.29, 1.82) is 0 Å². The first-order chi connectivity index (χ1) is 7.86. The summed E-state index contributed by atoms with van der Waals surface area (Å²) < 4.78 is 0. The second kappa shape index (κ2) is 3.70. The van der Waals surface area contributed by atoms with Crippen molar-refractivity contribution in [1.82, 2.24) is 0 Å². The quantitative estimate of drug-likeness (QED) is 0.552. The fourth-order valence-corrected chi connectivity index (χ4v) is 2.02. The highest BCUT2D eigenvalue weighted by atomic mass is 35.5. The molecular formula is C15H9Cl. The third-order valence-corrected chi connectivity index (χ3v) is 2.94. The van der Waals surface area contributed by atoms with E-state index >= 15 is 0 Å². The van der Waals surface area contributed by atoms with Gasteiger partial charge in [0, 0.05) is 10.9 Å². The molecule has 16 heavy (non-hydrogen) atoms. The van der Waals surface area contributed by atoms with Gasteiger partial charge in [-0.2, -0.15) is 0 Å². The molecule has 0 N–H and O–H groups in total. The van der Waals surface area contributed by atoms with Crippen molar-refractivity contribution in [2.75, 3.05) is 0 Å². The molecule has 0 saturated heterocycles. The molecule has 0 heterocycles. The van der Waals surface area contributed by atoms with Crippen molar-refractivity contribution in [2.24, 2.45) is 0 Å². The summed E-state index contributed by atoms with van der Waals surface area (Å²) in [7, 11) is 0. The third kappa shape index (κ3) is 1.71. The van der Waals surface area contributed by atoms with E-state index in [9.17, 15) is 0 Å². The smallest absolute Gasteiger partial charge is 0.0264 e. The summed E-state index contributed by atoms with van der Waals surface area (Å²) in [5.74, 6) is 2.86. The Kier molecular flexibility index (Phi) is 2.20. The molecule has 0 spiro atoms. The summed E-state index contributed by atoms with van der Waals surface area (Å²) in [5.41, 5.74) is 6.35. The molecule has 0 unspecified atom stereocenters. The lowest BCUT2D eigenvalue weighted by Crippen LogP contribution is -1.79. The van der Waals surface area contributed by atoms with Gasteiger partial charge in [-0.1, -0.05) is 30.3 Å². The monoisotopic (exact) mass is 224 g/mol. The lowest BCUT2D eigenvalue weighted by atomic mass is 10.0. The van der Waals surface area contributed by atoms with Crippen LogP contribution in [0, 0.1) is 11.3 Å². The Morgan fingerprint density at radius 3 is 2.62 bits per heavy atom. The Balaban J connectivity index is 2.05. The average Bonchev–Trinajstić information content (AvgIpc) is 3.08. The normalized spacial score (nSPS) is 11.3. The van der Waals surface area contributed by atoms with E-state index in [1.807, 2.05) is 12.1 Å². The van der Waals surface area contributed by atoms with E-state index < -0.39 is 0 Å². The maximum atomic E-state index is 5.41. The molecule has 2 aromatic rings.